The molecule has 0 saturated carbocycles. The summed E-state index contributed by atoms with van der Waals surface area (Å²) in [4.78, 5) is 4.46. The Kier molecular flexibility index (Phi) is 3.89. The van der Waals surface area contributed by atoms with Crippen molar-refractivity contribution in [2.24, 2.45) is 5.73 Å². The van der Waals surface area contributed by atoms with Crippen molar-refractivity contribution >= 4 is 28.6 Å². The van der Waals surface area contributed by atoms with Crippen LogP contribution in [0.25, 0.3) is 0 Å². The maximum atomic E-state index is 5.69. The van der Waals surface area contributed by atoms with Crippen LogP contribution in [0.15, 0.2) is 42.7 Å². The van der Waals surface area contributed by atoms with E-state index in [1.165, 1.54) is 5.56 Å². The number of anilines is 2. The summed E-state index contributed by atoms with van der Waals surface area (Å²) < 4.78 is 0. The molecule has 4 heteroatoms. The number of benzene rings is 1. The zero-order chi connectivity index (χ0) is 13.0. The van der Waals surface area contributed by atoms with Gasteiger partial charge in [0.15, 0.2) is 0 Å². The molecule has 0 atom stereocenters. The Balaban J connectivity index is 2.31. The van der Waals surface area contributed by atoms with Gasteiger partial charge in [-0.25, -0.2) is 0 Å². The maximum Gasteiger partial charge on any atom is 0.106 e. The summed E-state index contributed by atoms with van der Waals surface area (Å²) in [5.41, 5.74) is 9.62. The standard InChI is InChI=1S/C14H15N3S/c1-2-10-4-3-5-11(8-10)17-13-9-16-7-6-12(13)14(15)18/h3-9,17H,2H2,1H3,(H2,15,18). The van der Waals surface area contributed by atoms with E-state index >= 15 is 0 Å². The molecule has 3 nitrogen and oxygen atoms in total. The highest BCUT2D eigenvalue weighted by molar-refractivity contribution is 7.80. The van der Waals surface area contributed by atoms with E-state index in [0.717, 1.165) is 23.4 Å². The molecule has 0 aliphatic carbocycles. The van der Waals surface area contributed by atoms with Crippen molar-refractivity contribution in [2.45, 2.75) is 13.3 Å². The summed E-state index contributed by atoms with van der Waals surface area (Å²) in [5.74, 6) is 0. The van der Waals surface area contributed by atoms with Gasteiger partial charge < -0.3 is 11.1 Å². The number of aromatic nitrogens is 1. The van der Waals surface area contributed by atoms with Crippen molar-refractivity contribution in [3.63, 3.8) is 0 Å². The van der Waals surface area contributed by atoms with Crippen molar-refractivity contribution in [1.29, 1.82) is 0 Å². The summed E-state index contributed by atoms with van der Waals surface area (Å²) in [7, 11) is 0. The summed E-state index contributed by atoms with van der Waals surface area (Å²) >= 11 is 5.02. The third-order valence-corrected chi connectivity index (χ3v) is 2.92. The van der Waals surface area contributed by atoms with E-state index in [1.807, 2.05) is 18.2 Å². The van der Waals surface area contributed by atoms with Crippen LogP contribution in [0.1, 0.15) is 18.1 Å². The van der Waals surface area contributed by atoms with Gasteiger partial charge in [-0.3, -0.25) is 4.98 Å². The molecule has 92 valence electrons. The molecule has 1 heterocycles. The molecule has 0 unspecified atom stereocenters. The van der Waals surface area contributed by atoms with Gasteiger partial charge in [0, 0.05) is 17.4 Å². The Hall–Kier alpha value is -1.94. The molecule has 0 amide bonds. The highest BCUT2D eigenvalue weighted by Gasteiger charge is 2.05. The normalized spacial score (nSPS) is 10.1. The van der Waals surface area contributed by atoms with E-state index in [9.17, 15) is 0 Å². The fourth-order valence-electron chi connectivity index (χ4n) is 1.73. The van der Waals surface area contributed by atoms with Gasteiger partial charge >= 0.3 is 0 Å². The Labute approximate surface area is 112 Å². The fourth-order valence-corrected chi connectivity index (χ4v) is 1.91. The lowest BCUT2D eigenvalue weighted by Gasteiger charge is -2.11. The minimum absolute atomic E-state index is 0.367. The van der Waals surface area contributed by atoms with Crippen LogP contribution in [0.5, 0.6) is 0 Å². The third kappa shape index (κ3) is 2.84. The third-order valence-electron chi connectivity index (χ3n) is 2.70. The van der Waals surface area contributed by atoms with E-state index in [1.54, 1.807) is 12.4 Å². The lowest BCUT2D eigenvalue weighted by atomic mass is 10.1. The predicted molar refractivity (Wildman–Crippen MR) is 79.2 cm³/mol. The lowest BCUT2D eigenvalue weighted by molar-refractivity contribution is 1.14. The van der Waals surface area contributed by atoms with Crippen molar-refractivity contribution in [3.05, 3.63) is 53.9 Å². The van der Waals surface area contributed by atoms with Gasteiger partial charge in [0.2, 0.25) is 0 Å². The first kappa shape index (κ1) is 12.5. The van der Waals surface area contributed by atoms with Gasteiger partial charge in [0.05, 0.1) is 11.9 Å². The lowest BCUT2D eigenvalue weighted by Crippen LogP contribution is -2.12. The number of thiocarbonyl (C=S) groups is 1. The van der Waals surface area contributed by atoms with Crippen molar-refractivity contribution < 1.29 is 0 Å². The molecule has 2 rings (SSSR count). The largest absolute Gasteiger partial charge is 0.389 e. The number of aryl methyl sites for hydroxylation is 1. The van der Waals surface area contributed by atoms with Gasteiger partial charge in [-0.1, -0.05) is 31.3 Å². The van der Waals surface area contributed by atoms with E-state index in [0.29, 0.717) is 4.99 Å². The molecule has 0 aliphatic rings. The molecule has 0 aliphatic heterocycles. The first-order chi connectivity index (χ1) is 8.70. The molecule has 3 N–H and O–H groups in total. The number of hydrogen-bond acceptors (Lipinski definition) is 3. The molecule has 18 heavy (non-hydrogen) atoms. The second-order valence-electron chi connectivity index (χ2n) is 3.96. The van der Waals surface area contributed by atoms with Crippen molar-refractivity contribution in [1.82, 2.24) is 4.98 Å². The molecule has 2 aromatic rings. The maximum absolute atomic E-state index is 5.69. The number of hydrogen-bond donors (Lipinski definition) is 2. The van der Waals surface area contributed by atoms with Gasteiger partial charge in [-0.15, -0.1) is 0 Å². The van der Waals surface area contributed by atoms with Gasteiger partial charge in [0.25, 0.3) is 0 Å². The Morgan fingerprint density at radius 3 is 2.94 bits per heavy atom. The first-order valence-electron chi connectivity index (χ1n) is 5.80. The monoisotopic (exact) mass is 257 g/mol. The summed E-state index contributed by atoms with van der Waals surface area (Å²) in [6.45, 7) is 2.13. The zero-order valence-corrected chi connectivity index (χ0v) is 11.0. The average molecular weight is 257 g/mol. The fraction of sp³-hybridized carbons (Fsp3) is 0.143. The second-order valence-corrected chi connectivity index (χ2v) is 4.40. The summed E-state index contributed by atoms with van der Waals surface area (Å²) in [5, 5.41) is 3.30. The second kappa shape index (κ2) is 5.60. The van der Waals surface area contributed by atoms with Crippen LogP contribution in [-0.2, 0) is 6.42 Å². The minimum Gasteiger partial charge on any atom is -0.389 e. The highest BCUT2D eigenvalue weighted by Crippen LogP contribution is 2.20. The molecule has 1 aromatic carbocycles. The number of nitrogens with two attached hydrogens (primary N) is 1. The molecule has 0 fully saturated rings. The van der Waals surface area contributed by atoms with Crippen LogP contribution in [-0.4, -0.2) is 9.97 Å². The van der Waals surface area contributed by atoms with E-state index < -0.39 is 0 Å². The highest BCUT2D eigenvalue weighted by atomic mass is 32.1. The number of nitrogens with one attached hydrogen (secondary N) is 1. The van der Waals surface area contributed by atoms with Crippen LogP contribution in [0.2, 0.25) is 0 Å². The number of rotatable bonds is 4. The molecular weight excluding hydrogens is 242 g/mol. The number of nitrogens with zero attached hydrogens (tertiary/aromatic N) is 1. The van der Waals surface area contributed by atoms with Crippen LogP contribution < -0.4 is 11.1 Å². The molecular formula is C14H15N3S. The topological polar surface area (TPSA) is 50.9 Å². The van der Waals surface area contributed by atoms with E-state index in [2.05, 4.69) is 29.4 Å². The molecule has 1 aromatic heterocycles. The SMILES string of the molecule is CCc1cccc(Nc2cnccc2C(N)=S)c1. The Morgan fingerprint density at radius 1 is 1.39 bits per heavy atom. The average Bonchev–Trinajstić information content (AvgIpc) is 2.39. The van der Waals surface area contributed by atoms with Gasteiger partial charge in [0.1, 0.15) is 4.99 Å². The predicted octanol–water partition coefficient (Wildman–Crippen LogP) is 3.02. The number of pyridine rings is 1. The quantitative estimate of drug-likeness (QED) is 0.827. The first-order valence-corrected chi connectivity index (χ1v) is 6.21. The van der Waals surface area contributed by atoms with Crippen molar-refractivity contribution in [3.8, 4) is 0 Å². The van der Waals surface area contributed by atoms with Crippen LogP contribution in [0, 0.1) is 0 Å². The van der Waals surface area contributed by atoms with Crippen molar-refractivity contribution in [2.75, 3.05) is 5.32 Å². The van der Waals surface area contributed by atoms with E-state index in [4.69, 9.17) is 18.0 Å². The molecule has 0 saturated heterocycles. The molecule has 0 bridgehead atoms. The summed E-state index contributed by atoms with van der Waals surface area (Å²) in [6.07, 6.45) is 4.42. The van der Waals surface area contributed by atoms with Crippen LogP contribution in [0.3, 0.4) is 0 Å². The Morgan fingerprint density at radius 2 is 2.22 bits per heavy atom. The van der Waals surface area contributed by atoms with Gasteiger partial charge in [-0.2, -0.15) is 0 Å². The molecule has 0 radical (unpaired) electrons. The van der Waals surface area contributed by atoms with E-state index in [-0.39, 0.29) is 0 Å². The van der Waals surface area contributed by atoms with Crippen LogP contribution in [0.4, 0.5) is 11.4 Å². The minimum atomic E-state index is 0.367. The van der Waals surface area contributed by atoms with Gasteiger partial charge in [-0.05, 0) is 30.2 Å². The molecule has 0 spiro atoms. The summed E-state index contributed by atoms with van der Waals surface area (Å²) in [6, 6.07) is 10.1. The smallest absolute Gasteiger partial charge is 0.106 e. The zero-order valence-electron chi connectivity index (χ0n) is 10.2. The van der Waals surface area contributed by atoms with Crippen LogP contribution >= 0.6 is 12.2 Å². The Bertz CT molecular complexity index is 566.